The SMILES string of the molecule is COc1cc(/C=C2\CC3C4CC=C5C[C@@H](N6CCCC6)CC[C@]5(C)C4CC[C@]3(C)[C@H]2OC(C)=O)ccc1OCCN1CCCCC1. The molecule has 1 aromatic carbocycles. The van der Waals surface area contributed by atoms with Gasteiger partial charge in [-0.25, -0.2) is 0 Å². The molecule has 0 N–H and O–H groups in total. The Morgan fingerprint density at radius 3 is 2.50 bits per heavy atom. The van der Waals surface area contributed by atoms with E-state index in [1.165, 1.54) is 96.0 Å². The number of carbonyl (C=O) groups is 1. The van der Waals surface area contributed by atoms with E-state index in [0.29, 0.717) is 23.9 Å². The van der Waals surface area contributed by atoms with E-state index < -0.39 is 0 Å². The van der Waals surface area contributed by atoms with Crippen LogP contribution in [0, 0.1) is 28.6 Å². The number of esters is 1. The highest BCUT2D eigenvalue weighted by atomic mass is 16.5. The number of carbonyl (C=O) groups excluding carboxylic acids is 1. The molecule has 0 spiro atoms. The van der Waals surface area contributed by atoms with Crippen molar-refractivity contribution in [2.75, 3.05) is 46.4 Å². The van der Waals surface area contributed by atoms with Crippen LogP contribution in [-0.2, 0) is 9.53 Å². The van der Waals surface area contributed by atoms with Crippen LogP contribution in [0.2, 0.25) is 0 Å². The molecule has 6 nitrogen and oxygen atoms in total. The Morgan fingerprint density at radius 1 is 0.957 bits per heavy atom. The minimum absolute atomic E-state index is 0.0330. The van der Waals surface area contributed by atoms with E-state index in [9.17, 15) is 4.79 Å². The summed E-state index contributed by atoms with van der Waals surface area (Å²) >= 11 is 0. The van der Waals surface area contributed by atoms with E-state index in [1.807, 2.05) is 0 Å². The molecule has 6 heteroatoms. The van der Waals surface area contributed by atoms with Gasteiger partial charge in [0.15, 0.2) is 11.5 Å². The third kappa shape index (κ3) is 6.06. The number of likely N-dealkylation sites (tertiary alicyclic amines) is 2. The van der Waals surface area contributed by atoms with Crippen LogP contribution in [0.1, 0.15) is 103 Å². The summed E-state index contributed by atoms with van der Waals surface area (Å²) in [6.45, 7) is 13.2. The van der Waals surface area contributed by atoms with Gasteiger partial charge in [0.25, 0.3) is 0 Å². The summed E-state index contributed by atoms with van der Waals surface area (Å²) in [5.74, 6) is 3.28. The third-order valence-electron chi connectivity index (χ3n) is 13.5. The Labute approximate surface area is 277 Å². The molecule has 1 aromatic rings. The summed E-state index contributed by atoms with van der Waals surface area (Å²) in [6.07, 6.45) is 20.0. The lowest BCUT2D eigenvalue weighted by molar-refractivity contribution is -0.154. The molecule has 7 atom stereocenters. The lowest BCUT2D eigenvalue weighted by Crippen LogP contribution is -2.52. The van der Waals surface area contributed by atoms with Gasteiger partial charge in [0.1, 0.15) is 12.7 Å². The highest BCUT2D eigenvalue weighted by Crippen LogP contribution is 2.66. The molecule has 0 bridgehead atoms. The monoisotopic (exact) mass is 630 g/mol. The van der Waals surface area contributed by atoms with Crippen LogP contribution in [0.4, 0.5) is 0 Å². The van der Waals surface area contributed by atoms with Gasteiger partial charge in [-0.2, -0.15) is 0 Å². The summed E-state index contributed by atoms with van der Waals surface area (Å²) in [5.41, 5.74) is 4.40. The Bertz CT molecular complexity index is 1330. The maximum atomic E-state index is 12.5. The van der Waals surface area contributed by atoms with Crippen LogP contribution in [0.3, 0.4) is 0 Å². The fourth-order valence-corrected chi connectivity index (χ4v) is 11.0. The number of rotatable bonds is 8. The number of nitrogens with zero attached hydrogens (tertiary/aromatic N) is 2. The smallest absolute Gasteiger partial charge is 0.303 e. The molecule has 3 saturated carbocycles. The highest BCUT2D eigenvalue weighted by Gasteiger charge is 2.61. The van der Waals surface area contributed by atoms with Crippen LogP contribution in [0.5, 0.6) is 11.5 Å². The summed E-state index contributed by atoms with van der Waals surface area (Å²) < 4.78 is 18.3. The first-order chi connectivity index (χ1) is 22.3. The number of allylic oxidation sites excluding steroid dienone is 1. The zero-order chi connectivity index (χ0) is 31.9. The van der Waals surface area contributed by atoms with E-state index in [1.54, 1.807) is 19.6 Å². The molecule has 46 heavy (non-hydrogen) atoms. The Kier molecular flexibility index (Phi) is 9.32. The number of fused-ring (bicyclic) bond motifs is 5. The third-order valence-corrected chi connectivity index (χ3v) is 13.5. The van der Waals surface area contributed by atoms with Crippen LogP contribution in [0.25, 0.3) is 6.08 Å². The topological polar surface area (TPSA) is 51.2 Å². The molecular formula is C40H58N2O4. The van der Waals surface area contributed by atoms with E-state index in [-0.39, 0.29) is 17.5 Å². The maximum Gasteiger partial charge on any atom is 0.303 e. The lowest BCUT2D eigenvalue weighted by atomic mass is 9.48. The molecule has 2 heterocycles. The van der Waals surface area contributed by atoms with Crippen molar-refractivity contribution >= 4 is 12.0 Å². The second kappa shape index (κ2) is 13.3. The summed E-state index contributed by atoms with van der Waals surface area (Å²) in [7, 11) is 1.72. The van der Waals surface area contributed by atoms with Crippen molar-refractivity contribution in [1.82, 2.24) is 9.80 Å². The second-order valence-corrected chi connectivity index (χ2v) is 16.0. The van der Waals surface area contributed by atoms with Gasteiger partial charge in [-0.3, -0.25) is 9.69 Å². The predicted molar refractivity (Wildman–Crippen MR) is 184 cm³/mol. The first kappa shape index (κ1) is 32.2. The molecule has 0 aromatic heterocycles. The van der Waals surface area contributed by atoms with Crippen LogP contribution in [0.15, 0.2) is 35.4 Å². The molecule has 7 rings (SSSR count). The molecule has 2 aliphatic heterocycles. The number of methoxy groups -OCH3 is 1. The Balaban J connectivity index is 1.10. The molecule has 3 unspecified atom stereocenters. The van der Waals surface area contributed by atoms with Gasteiger partial charge in [0.05, 0.1) is 7.11 Å². The quantitative estimate of drug-likeness (QED) is 0.215. The molecule has 0 radical (unpaired) electrons. The number of hydrogen-bond acceptors (Lipinski definition) is 6. The van der Waals surface area contributed by atoms with Crippen LogP contribution < -0.4 is 9.47 Å². The lowest BCUT2D eigenvalue weighted by Gasteiger charge is -2.58. The highest BCUT2D eigenvalue weighted by molar-refractivity contribution is 5.68. The maximum absolute atomic E-state index is 12.5. The van der Waals surface area contributed by atoms with Crippen molar-refractivity contribution in [3.8, 4) is 11.5 Å². The molecule has 2 saturated heterocycles. The molecule has 252 valence electrons. The van der Waals surface area contributed by atoms with Gasteiger partial charge >= 0.3 is 5.97 Å². The van der Waals surface area contributed by atoms with Crippen LogP contribution in [-0.4, -0.2) is 74.4 Å². The second-order valence-electron chi connectivity index (χ2n) is 16.0. The van der Waals surface area contributed by atoms with E-state index in [4.69, 9.17) is 14.2 Å². The Morgan fingerprint density at radius 2 is 1.74 bits per heavy atom. The number of benzene rings is 1. The van der Waals surface area contributed by atoms with Crippen molar-refractivity contribution in [3.63, 3.8) is 0 Å². The average molecular weight is 631 g/mol. The standard InChI is InChI=1S/C40H58N2O4/c1-28(43)46-38-30(24-29-10-13-36(37(25-29)44-4)45-23-22-41-18-6-5-7-19-41)26-35-33-12-11-31-27-32(42-20-8-9-21-42)14-16-39(31,2)34(33)15-17-40(35,38)3/h10-11,13,24-25,32-35,38H,5-9,12,14-23,26-27H2,1-4H3/b30-24+/t32-,33?,34?,35?,38-,39-,40-/m0/s1. The van der Waals surface area contributed by atoms with Gasteiger partial charge in [0.2, 0.25) is 0 Å². The van der Waals surface area contributed by atoms with Crippen molar-refractivity contribution in [3.05, 3.63) is 41.0 Å². The first-order valence-electron chi connectivity index (χ1n) is 18.6. The number of piperidine rings is 1. The average Bonchev–Trinajstić information content (AvgIpc) is 3.69. The fraction of sp³-hybridized carbons (Fsp3) is 0.725. The molecule has 0 amide bonds. The molecular weight excluding hydrogens is 572 g/mol. The van der Waals surface area contributed by atoms with Gasteiger partial charge in [0, 0.05) is 24.9 Å². The minimum atomic E-state index is -0.175. The van der Waals surface area contributed by atoms with Crippen molar-refractivity contribution in [2.45, 2.75) is 110 Å². The summed E-state index contributed by atoms with van der Waals surface area (Å²) in [6, 6.07) is 7.04. The largest absolute Gasteiger partial charge is 0.493 e. The summed E-state index contributed by atoms with van der Waals surface area (Å²) in [4.78, 5) is 17.8. The van der Waals surface area contributed by atoms with E-state index in [2.05, 4.69) is 54.0 Å². The molecule has 5 fully saturated rings. The Hall–Kier alpha value is -2.31. The van der Waals surface area contributed by atoms with Gasteiger partial charge in [-0.1, -0.05) is 44.1 Å². The number of hydrogen-bond donors (Lipinski definition) is 0. The van der Waals surface area contributed by atoms with Crippen molar-refractivity contribution in [2.24, 2.45) is 28.6 Å². The van der Waals surface area contributed by atoms with Crippen LogP contribution >= 0.6 is 0 Å². The van der Waals surface area contributed by atoms with Crippen molar-refractivity contribution in [1.29, 1.82) is 0 Å². The number of ether oxygens (including phenoxy) is 3. The van der Waals surface area contributed by atoms with Gasteiger partial charge in [-0.05, 0) is 143 Å². The fourth-order valence-electron chi connectivity index (χ4n) is 11.0. The van der Waals surface area contributed by atoms with Crippen molar-refractivity contribution < 1.29 is 19.0 Å². The zero-order valence-electron chi connectivity index (χ0n) is 29.0. The van der Waals surface area contributed by atoms with Gasteiger partial charge < -0.3 is 19.1 Å². The normalized spacial score (nSPS) is 37.3. The summed E-state index contributed by atoms with van der Waals surface area (Å²) in [5, 5.41) is 0. The van der Waals surface area contributed by atoms with E-state index >= 15 is 0 Å². The minimum Gasteiger partial charge on any atom is -0.493 e. The zero-order valence-corrected chi connectivity index (χ0v) is 29.0. The molecule has 6 aliphatic rings. The predicted octanol–water partition coefficient (Wildman–Crippen LogP) is 7.91. The van der Waals surface area contributed by atoms with Gasteiger partial charge in [-0.15, -0.1) is 0 Å². The molecule has 4 aliphatic carbocycles. The van der Waals surface area contributed by atoms with E-state index in [0.717, 1.165) is 48.4 Å². The first-order valence-corrected chi connectivity index (χ1v) is 18.6.